The molecule has 0 saturated heterocycles. The average Bonchev–Trinajstić information content (AvgIpc) is 2.54. The number of nitrogens with zero attached hydrogens (tertiary/aromatic N) is 2. The largest absolute Gasteiger partial charge is 0.370 e. The number of pyridine rings is 2. The van der Waals surface area contributed by atoms with Crippen LogP contribution >= 0.6 is 0 Å². The smallest absolute Gasteiger partial charge is 0.251 e. The fourth-order valence-electron chi connectivity index (χ4n) is 1.92. The molecule has 0 saturated carbocycles. The van der Waals surface area contributed by atoms with E-state index in [1.54, 1.807) is 30.7 Å². The van der Waals surface area contributed by atoms with Gasteiger partial charge in [0.2, 0.25) is 0 Å². The minimum Gasteiger partial charge on any atom is -0.370 e. The van der Waals surface area contributed by atoms with Gasteiger partial charge in [0.15, 0.2) is 0 Å². The summed E-state index contributed by atoms with van der Waals surface area (Å²) in [5.41, 5.74) is 1.57. The lowest BCUT2D eigenvalue weighted by Crippen LogP contribution is -2.26. The first-order valence-corrected chi connectivity index (χ1v) is 7.11. The molecule has 0 spiro atoms. The molecule has 0 bridgehead atoms. The van der Waals surface area contributed by atoms with Crippen molar-refractivity contribution in [2.45, 2.75) is 26.3 Å². The van der Waals surface area contributed by atoms with Gasteiger partial charge in [0, 0.05) is 30.7 Å². The Balaban J connectivity index is 2.03. The van der Waals surface area contributed by atoms with Crippen molar-refractivity contribution >= 4 is 11.7 Å². The zero-order chi connectivity index (χ0) is 15.1. The first-order chi connectivity index (χ1) is 10.2. The number of nitrogens with one attached hydrogen (secondary N) is 2. The lowest BCUT2D eigenvalue weighted by molar-refractivity contribution is 0.0940. The Morgan fingerprint density at radius 1 is 1.33 bits per heavy atom. The van der Waals surface area contributed by atoms with Crippen LogP contribution in [0.25, 0.3) is 0 Å². The quantitative estimate of drug-likeness (QED) is 0.856. The molecule has 1 amide bonds. The van der Waals surface area contributed by atoms with E-state index in [2.05, 4.69) is 27.5 Å². The summed E-state index contributed by atoms with van der Waals surface area (Å²) >= 11 is 0. The predicted molar refractivity (Wildman–Crippen MR) is 83.1 cm³/mol. The fourth-order valence-corrected chi connectivity index (χ4v) is 1.92. The minimum absolute atomic E-state index is 0.0913. The molecule has 2 aromatic heterocycles. The van der Waals surface area contributed by atoms with E-state index >= 15 is 0 Å². The SMILES string of the molecule is CCCNc1cc(C(=O)NC(C)c2cccnc2)ccn1. The summed E-state index contributed by atoms with van der Waals surface area (Å²) in [5, 5.41) is 6.13. The van der Waals surface area contributed by atoms with Gasteiger partial charge in [-0.1, -0.05) is 13.0 Å². The number of hydrogen-bond acceptors (Lipinski definition) is 4. The summed E-state index contributed by atoms with van der Waals surface area (Å²) in [7, 11) is 0. The Kier molecular flexibility index (Phi) is 5.26. The molecule has 21 heavy (non-hydrogen) atoms. The molecule has 0 radical (unpaired) electrons. The number of aromatic nitrogens is 2. The highest BCUT2D eigenvalue weighted by atomic mass is 16.1. The van der Waals surface area contributed by atoms with Gasteiger partial charge in [0.05, 0.1) is 6.04 Å². The predicted octanol–water partition coefficient (Wildman–Crippen LogP) is 2.79. The first-order valence-electron chi connectivity index (χ1n) is 7.11. The molecule has 2 N–H and O–H groups in total. The van der Waals surface area contributed by atoms with E-state index in [4.69, 9.17) is 0 Å². The Labute approximate surface area is 124 Å². The highest BCUT2D eigenvalue weighted by Crippen LogP contribution is 2.12. The van der Waals surface area contributed by atoms with Gasteiger partial charge in [-0.3, -0.25) is 9.78 Å². The first kappa shape index (κ1) is 15.0. The van der Waals surface area contributed by atoms with Crippen LogP contribution in [0.5, 0.6) is 0 Å². The molecule has 0 aliphatic rings. The Morgan fingerprint density at radius 2 is 2.19 bits per heavy atom. The summed E-state index contributed by atoms with van der Waals surface area (Å²) in [5.74, 6) is 0.604. The molecular weight excluding hydrogens is 264 g/mol. The summed E-state index contributed by atoms with van der Waals surface area (Å²) in [4.78, 5) is 20.5. The lowest BCUT2D eigenvalue weighted by Gasteiger charge is -2.14. The third-order valence-corrected chi connectivity index (χ3v) is 3.11. The van der Waals surface area contributed by atoms with Crippen molar-refractivity contribution in [3.8, 4) is 0 Å². The molecule has 1 atom stereocenters. The monoisotopic (exact) mass is 284 g/mol. The van der Waals surface area contributed by atoms with Gasteiger partial charge in [-0.25, -0.2) is 4.98 Å². The average molecular weight is 284 g/mol. The second-order valence-electron chi connectivity index (χ2n) is 4.84. The minimum atomic E-state index is -0.117. The molecule has 2 heterocycles. The van der Waals surface area contributed by atoms with E-state index in [1.165, 1.54) is 0 Å². The number of anilines is 1. The number of rotatable bonds is 6. The third kappa shape index (κ3) is 4.27. The van der Waals surface area contributed by atoms with Crippen LogP contribution in [0.4, 0.5) is 5.82 Å². The van der Waals surface area contributed by atoms with Gasteiger partial charge < -0.3 is 10.6 Å². The third-order valence-electron chi connectivity index (χ3n) is 3.11. The van der Waals surface area contributed by atoms with Crippen molar-refractivity contribution in [3.05, 3.63) is 54.0 Å². The number of carbonyl (C=O) groups is 1. The Bertz CT molecular complexity index is 586. The summed E-state index contributed by atoms with van der Waals surface area (Å²) in [6, 6.07) is 7.19. The van der Waals surface area contributed by atoms with Crippen LogP contribution in [0, 0.1) is 0 Å². The molecule has 0 aromatic carbocycles. The molecule has 1 unspecified atom stereocenters. The molecule has 0 aliphatic carbocycles. The van der Waals surface area contributed by atoms with Gasteiger partial charge in [0.1, 0.15) is 5.82 Å². The molecule has 0 aliphatic heterocycles. The number of hydrogen-bond donors (Lipinski definition) is 2. The van der Waals surface area contributed by atoms with E-state index in [0.29, 0.717) is 5.56 Å². The second kappa shape index (κ2) is 7.38. The van der Waals surface area contributed by atoms with Crippen molar-refractivity contribution in [3.63, 3.8) is 0 Å². The van der Waals surface area contributed by atoms with E-state index < -0.39 is 0 Å². The highest BCUT2D eigenvalue weighted by molar-refractivity contribution is 5.95. The van der Waals surface area contributed by atoms with Crippen LogP contribution in [0.2, 0.25) is 0 Å². The van der Waals surface area contributed by atoms with Gasteiger partial charge in [-0.2, -0.15) is 0 Å². The highest BCUT2D eigenvalue weighted by Gasteiger charge is 2.12. The van der Waals surface area contributed by atoms with Crippen molar-refractivity contribution in [1.29, 1.82) is 0 Å². The standard InChI is InChI=1S/C16H20N4O/c1-3-7-18-15-10-13(6-9-19-15)16(21)20-12(2)14-5-4-8-17-11-14/h4-6,8-12H,3,7H2,1-2H3,(H,18,19)(H,20,21). The van der Waals surface area contributed by atoms with Crippen LogP contribution in [-0.4, -0.2) is 22.4 Å². The molecule has 5 nitrogen and oxygen atoms in total. The van der Waals surface area contributed by atoms with Crippen molar-refractivity contribution < 1.29 is 4.79 Å². The summed E-state index contributed by atoms with van der Waals surface area (Å²) in [6.45, 7) is 4.86. The Morgan fingerprint density at radius 3 is 2.90 bits per heavy atom. The zero-order valence-corrected chi connectivity index (χ0v) is 12.3. The molecule has 110 valence electrons. The maximum atomic E-state index is 12.3. The van der Waals surface area contributed by atoms with E-state index in [-0.39, 0.29) is 11.9 Å². The van der Waals surface area contributed by atoms with Crippen molar-refractivity contribution in [2.75, 3.05) is 11.9 Å². The van der Waals surface area contributed by atoms with Crippen LogP contribution in [0.15, 0.2) is 42.9 Å². The summed E-state index contributed by atoms with van der Waals surface area (Å²) < 4.78 is 0. The molecular formula is C16H20N4O. The van der Waals surface area contributed by atoms with Gasteiger partial charge >= 0.3 is 0 Å². The summed E-state index contributed by atoms with van der Waals surface area (Å²) in [6.07, 6.45) is 6.12. The van der Waals surface area contributed by atoms with Crippen LogP contribution < -0.4 is 10.6 Å². The van der Waals surface area contributed by atoms with Crippen molar-refractivity contribution in [1.82, 2.24) is 15.3 Å². The van der Waals surface area contributed by atoms with Gasteiger partial charge in [0.25, 0.3) is 5.91 Å². The van der Waals surface area contributed by atoms with Crippen molar-refractivity contribution in [2.24, 2.45) is 0 Å². The molecule has 2 rings (SSSR count). The maximum Gasteiger partial charge on any atom is 0.251 e. The second-order valence-corrected chi connectivity index (χ2v) is 4.84. The van der Waals surface area contributed by atoms with Gasteiger partial charge in [-0.05, 0) is 37.1 Å². The molecule has 0 fully saturated rings. The normalized spacial score (nSPS) is 11.7. The fraction of sp³-hybridized carbons (Fsp3) is 0.312. The lowest BCUT2D eigenvalue weighted by atomic mass is 10.1. The van der Waals surface area contributed by atoms with Gasteiger partial charge in [-0.15, -0.1) is 0 Å². The van der Waals surface area contributed by atoms with E-state index in [0.717, 1.165) is 24.3 Å². The maximum absolute atomic E-state index is 12.3. The number of amides is 1. The van der Waals surface area contributed by atoms with E-state index in [9.17, 15) is 4.79 Å². The number of carbonyl (C=O) groups excluding carboxylic acids is 1. The van der Waals surface area contributed by atoms with Crippen LogP contribution in [0.1, 0.15) is 42.2 Å². The van der Waals surface area contributed by atoms with Crippen LogP contribution in [-0.2, 0) is 0 Å². The zero-order valence-electron chi connectivity index (χ0n) is 12.3. The van der Waals surface area contributed by atoms with E-state index in [1.807, 2.05) is 19.1 Å². The molecule has 2 aromatic rings. The Hall–Kier alpha value is -2.43. The topological polar surface area (TPSA) is 66.9 Å². The van der Waals surface area contributed by atoms with Crippen LogP contribution in [0.3, 0.4) is 0 Å². The molecule has 5 heteroatoms.